The molecule has 0 aliphatic carbocycles. The molecule has 2 aromatic carbocycles. The second-order valence-electron chi connectivity index (χ2n) is 5.85. The SMILES string of the molecule is COc1ccc([C@@H](C)NC(=O)[C@H]2CC(c3cccc(Br)c3)=NO2)cc1. The maximum Gasteiger partial charge on any atom is 0.264 e. The quantitative estimate of drug-likeness (QED) is 0.826. The van der Waals surface area contributed by atoms with Gasteiger partial charge in [-0.25, -0.2) is 0 Å². The van der Waals surface area contributed by atoms with Gasteiger partial charge in [-0.1, -0.05) is 45.4 Å². The van der Waals surface area contributed by atoms with Crippen LogP contribution in [-0.4, -0.2) is 24.8 Å². The smallest absolute Gasteiger partial charge is 0.264 e. The monoisotopic (exact) mass is 402 g/mol. The highest BCUT2D eigenvalue weighted by Gasteiger charge is 2.29. The van der Waals surface area contributed by atoms with E-state index < -0.39 is 6.10 Å². The number of carbonyl (C=O) groups excluding carboxylic acids is 1. The molecule has 1 amide bonds. The molecule has 5 nitrogen and oxygen atoms in total. The van der Waals surface area contributed by atoms with E-state index in [-0.39, 0.29) is 11.9 Å². The number of halogens is 1. The number of methoxy groups -OCH3 is 1. The third-order valence-corrected chi connectivity index (χ3v) is 4.59. The number of carbonyl (C=O) groups is 1. The fourth-order valence-electron chi connectivity index (χ4n) is 2.64. The highest BCUT2D eigenvalue weighted by molar-refractivity contribution is 9.10. The Morgan fingerprint density at radius 2 is 2.08 bits per heavy atom. The number of hydrogen-bond donors (Lipinski definition) is 1. The van der Waals surface area contributed by atoms with Crippen molar-refractivity contribution in [1.82, 2.24) is 5.32 Å². The van der Waals surface area contributed by atoms with Crippen LogP contribution >= 0.6 is 15.9 Å². The fraction of sp³-hybridized carbons (Fsp3) is 0.263. The molecule has 0 radical (unpaired) electrons. The predicted molar refractivity (Wildman–Crippen MR) is 99.7 cm³/mol. The first-order chi connectivity index (χ1) is 12.1. The van der Waals surface area contributed by atoms with Crippen LogP contribution in [0.15, 0.2) is 58.2 Å². The molecule has 1 aliphatic rings. The van der Waals surface area contributed by atoms with Gasteiger partial charge < -0.3 is 14.9 Å². The summed E-state index contributed by atoms with van der Waals surface area (Å²) in [4.78, 5) is 17.8. The Balaban J connectivity index is 1.59. The van der Waals surface area contributed by atoms with Crippen molar-refractivity contribution < 1.29 is 14.4 Å². The van der Waals surface area contributed by atoms with E-state index in [1.165, 1.54) is 0 Å². The Morgan fingerprint density at radius 1 is 1.32 bits per heavy atom. The summed E-state index contributed by atoms with van der Waals surface area (Å²) in [7, 11) is 1.63. The van der Waals surface area contributed by atoms with Gasteiger partial charge in [-0.15, -0.1) is 0 Å². The summed E-state index contributed by atoms with van der Waals surface area (Å²) in [6.07, 6.45) is -0.146. The Labute approximate surface area is 155 Å². The van der Waals surface area contributed by atoms with Crippen LogP contribution in [-0.2, 0) is 9.63 Å². The number of ether oxygens (including phenoxy) is 1. The second-order valence-corrected chi connectivity index (χ2v) is 6.77. The van der Waals surface area contributed by atoms with Crippen LogP contribution in [0.25, 0.3) is 0 Å². The summed E-state index contributed by atoms with van der Waals surface area (Å²) in [5.41, 5.74) is 2.73. The van der Waals surface area contributed by atoms with E-state index in [1.54, 1.807) is 7.11 Å². The number of hydrogen-bond acceptors (Lipinski definition) is 4. The van der Waals surface area contributed by atoms with E-state index in [1.807, 2.05) is 55.5 Å². The molecule has 25 heavy (non-hydrogen) atoms. The number of benzene rings is 2. The zero-order valence-corrected chi connectivity index (χ0v) is 15.6. The molecule has 6 heteroatoms. The summed E-state index contributed by atoms with van der Waals surface area (Å²) in [5, 5.41) is 7.04. The van der Waals surface area contributed by atoms with Crippen LogP contribution < -0.4 is 10.1 Å². The lowest BCUT2D eigenvalue weighted by molar-refractivity contribution is -0.131. The molecule has 0 fully saturated rings. The lowest BCUT2D eigenvalue weighted by Gasteiger charge is -2.16. The Bertz CT molecular complexity index is 790. The molecule has 0 bridgehead atoms. The average Bonchev–Trinajstić information content (AvgIpc) is 3.12. The summed E-state index contributed by atoms with van der Waals surface area (Å²) in [6.45, 7) is 1.94. The first-order valence-corrected chi connectivity index (χ1v) is 8.79. The first kappa shape index (κ1) is 17.5. The van der Waals surface area contributed by atoms with Crippen molar-refractivity contribution in [1.29, 1.82) is 0 Å². The van der Waals surface area contributed by atoms with Crippen molar-refractivity contribution in [3.05, 3.63) is 64.1 Å². The van der Waals surface area contributed by atoms with Crippen LogP contribution in [0, 0.1) is 0 Å². The van der Waals surface area contributed by atoms with Gasteiger partial charge in [0.1, 0.15) is 5.75 Å². The van der Waals surface area contributed by atoms with E-state index in [0.717, 1.165) is 27.1 Å². The summed E-state index contributed by atoms with van der Waals surface area (Å²) in [6, 6.07) is 15.3. The number of nitrogens with one attached hydrogen (secondary N) is 1. The summed E-state index contributed by atoms with van der Waals surface area (Å²) in [5.74, 6) is 0.616. The first-order valence-electron chi connectivity index (χ1n) is 8.00. The third-order valence-electron chi connectivity index (χ3n) is 4.09. The van der Waals surface area contributed by atoms with Gasteiger partial charge in [0.15, 0.2) is 0 Å². The molecule has 0 aromatic heterocycles. The van der Waals surface area contributed by atoms with Crippen LogP contribution in [0.1, 0.15) is 30.5 Å². The van der Waals surface area contributed by atoms with E-state index in [0.29, 0.717) is 6.42 Å². The molecule has 3 rings (SSSR count). The van der Waals surface area contributed by atoms with E-state index >= 15 is 0 Å². The standard InChI is InChI=1S/C19H19BrN2O3/c1-12(13-6-8-16(24-2)9-7-13)21-19(23)18-11-17(22-25-18)14-4-3-5-15(20)10-14/h3-10,12,18H,11H2,1-2H3,(H,21,23)/t12-,18-/m1/s1. The Morgan fingerprint density at radius 3 is 2.76 bits per heavy atom. The minimum absolute atomic E-state index is 0.128. The molecule has 0 saturated heterocycles. The van der Waals surface area contributed by atoms with Crippen molar-refractivity contribution in [2.45, 2.75) is 25.5 Å². The van der Waals surface area contributed by atoms with Crippen LogP contribution in [0.3, 0.4) is 0 Å². The van der Waals surface area contributed by atoms with E-state index in [4.69, 9.17) is 9.57 Å². The molecule has 2 aromatic rings. The molecule has 0 spiro atoms. The zero-order chi connectivity index (χ0) is 17.8. The van der Waals surface area contributed by atoms with Crippen molar-refractivity contribution >= 4 is 27.5 Å². The molecule has 1 aliphatic heterocycles. The number of amides is 1. The normalized spacial score (nSPS) is 17.4. The minimum atomic E-state index is -0.602. The van der Waals surface area contributed by atoms with Gasteiger partial charge in [0, 0.05) is 16.5 Å². The summed E-state index contributed by atoms with van der Waals surface area (Å²) >= 11 is 3.44. The van der Waals surface area contributed by atoms with Crippen LogP contribution in [0.2, 0.25) is 0 Å². The van der Waals surface area contributed by atoms with Gasteiger partial charge in [0.2, 0.25) is 6.10 Å². The van der Waals surface area contributed by atoms with E-state index in [2.05, 4.69) is 26.4 Å². The van der Waals surface area contributed by atoms with Crippen molar-refractivity contribution in [3.63, 3.8) is 0 Å². The average molecular weight is 403 g/mol. The largest absolute Gasteiger partial charge is 0.497 e. The van der Waals surface area contributed by atoms with E-state index in [9.17, 15) is 4.79 Å². The van der Waals surface area contributed by atoms with Gasteiger partial charge in [0.25, 0.3) is 5.91 Å². The second kappa shape index (κ2) is 7.70. The van der Waals surface area contributed by atoms with Gasteiger partial charge in [-0.2, -0.15) is 0 Å². The van der Waals surface area contributed by atoms with Gasteiger partial charge in [0.05, 0.1) is 18.9 Å². The van der Waals surface area contributed by atoms with Gasteiger partial charge in [-0.3, -0.25) is 4.79 Å². The van der Waals surface area contributed by atoms with Crippen LogP contribution in [0.5, 0.6) is 5.75 Å². The lowest BCUT2D eigenvalue weighted by Crippen LogP contribution is -2.36. The Hall–Kier alpha value is -2.34. The topological polar surface area (TPSA) is 59.9 Å². The maximum atomic E-state index is 12.5. The number of rotatable bonds is 5. The van der Waals surface area contributed by atoms with Gasteiger partial charge >= 0.3 is 0 Å². The molecule has 130 valence electrons. The molecule has 2 atom stereocenters. The summed E-state index contributed by atoms with van der Waals surface area (Å²) < 4.78 is 6.11. The highest BCUT2D eigenvalue weighted by Crippen LogP contribution is 2.21. The fourth-order valence-corrected chi connectivity index (χ4v) is 3.04. The molecule has 0 unspecified atom stereocenters. The molecule has 1 N–H and O–H groups in total. The molecule has 0 saturated carbocycles. The van der Waals surface area contributed by atoms with Crippen molar-refractivity contribution in [3.8, 4) is 5.75 Å². The Kier molecular flexibility index (Phi) is 5.38. The third kappa shape index (κ3) is 4.20. The number of oxime groups is 1. The molecule has 1 heterocycles. The molecular formula is C19H19BrN2O3. The highest BCUT2D eigenvalue weighted by atomic mass is 79.9. The minimum Gasteiger partial charge on any atom is -0.497 e. The predicted octanol–water partition coefficient (Wildman–Crippen LogP) is 3.83. The van der Waals surface area contributed by atoms with Crippen molar-refractivity contribution in [2.24, 2.45) is 5.16 Å². The van der Waals surface area contributed by atoms with Crippen molar-refractivity contribution in [2.75, 3.05) is 7.11 Å². The lowest BCUT2D eigenvalue weighted by atomic mass is 10.0. The maximum absolute atomic E-state index is 12.5. The zero-order valence-electron chi connectivity index (χ0n) is 14.0. The molecular weight excluding hydrogens is 384 g/mol. The number of nitrogens with zero attached hydrogens (tertiary/aromatic N) is 1. The van der Waals surface area contributed by atoms with Crippen LogP contribution in [0.4, 0.5) is 0 Å². The van der Waals surface area contributed by atoms with Gasteiger partial charge in [-0.05, 0) is 36.8 Å².